The van der Waals surface area contributed by atoms with E-state index in [-0.39, 0.29) is 17.0 Å². The molecule has 0 bridgehead atoms. The predicted molar refractivity (Wildman–Crippen MR) is 82.6 cm³/mol. The van der Waals surface area contributed by atoms with Gasteiger partial charge in [-0.3, -0.25) is 14.9 Å². The van der Waals surface area contributed by atoms with Gasteiger partial charge in [0.1, 0.15) is 0 Å². The highest BCUT2D eigenvalue weighted by molar-refractivity contribution is 14.1. The maximum Gasteiger partial charge on any atom is 0.269 e. The molecule has 9 heteroatoms. The first-order valence-electron chi connectivity index (χ1n) is 5.03. The molecule has 1 rings (SSSR count). The van der Waals surface area contributed by atoms with E-state index >= 15 is 0 Å². The molecule has 0 aliphatic carbocycles. The third-order valence-electron chi connectivity index (χ3n) is 2.38. The number of sulfone groups is 1. The van der Waals surface area contributed by atoms with E-state index in [1.807, 2.05) is 0 Å². The third kappa shape index (κ3) is 3.31. The van der Waals surface area contributed by atoms with Crippen LogP contribution in [0.4, 0.5) is 5.69 Å². The Hall–Kier alpha value is -0.550. The number of nitro groups is 1. The zero-order valence-electron chi connectivity index (χ0n) is 9.67. The van der Waals surface area contributed by atoms with E-state index in [1.165, 1.54) is 41.6 Å². The van der Waals surface area contributed by atoms with Crippen molar-refractivity contribution < 1.29 is 18.1 Å². The first-order valence-corrected chi connectivity index (χ1v) is 8.55. The maximum atomic E-state index is 12.1. The number of Topliss-reactive ketones (excluding diaryl/α,β-unsaturated/α-hetero) is 1. The highest BCUT2D eigenvalue weighted by atomic mass is 127. The van der Waals surface area contributed by atoms with Gasteiger partial charge in [-0.2, -0.15) is 0 Å². The molecule has 0 aliphatic rings. The summed E-state index contributed by atoms with van der Waals surface area (Å²) in [5, 5.41) is 10.5. The van der Waals surface area contributed by atoms with Crippen LogP contribution in [0.2, 0.25) is 0 Å². The van der Waals surface area contributed by atoms with Crippen LogP contribution in [0.1, 0.15) is 17.3 Å². The lowest BCUT2D eigenvalue weighted by Gasteiger charge is -2.18. The maximum absolute atomic E-state index is 12.1. The van der Waals surface area contributed by atoms with Gasteiger partial charge < -0.3 is 0 Å². The number of non-ortho nitro benzene ring substituents is 1. The van der Waals surface area contributed by atoms with Crippen LogP contribution >= 0.6 is 38.5 Å². The van der Waals surface area contributed by atoms with Gasteiger partial charge in [0, 0.05) is 17.7 Å². The van der Waals surface area contributed by atoms with Crippen LogP contribution in [0.15, 0.2) is 24.3 Å². The molecule has 1 aromatic rings. The summed E-state index contributed by atoms with van der Waals surface area (Å²) in [4.78, 5) is 22.1. The van der Waals surface area contributed by atoms with E-state index in [0.29, 0.717) is 0 Å². The van der Waals surface area contributed by atoms with Gasteiger partial charge in [0.25, 0.3) is 5.69 Å². The molecule has 1 atom stereocenters. The van der Waals surface area contributed by atoms with Crippen molar-refractivity contribution in [2.24, 2.45) is 0 Å². The Morgan fingerprint density at radius 3 is 2.26 bits per heavy atom. The fraction of sp³-hybridized carbons (Fsp3) is 0.300. The minimum absolute atomic E-state index is 0.0916. The fourth-order valence-electron chi connectivity index (χ4n) is 1.23. The number of carbonyl (C=O) groups is 1. The zero-order valence-corrected chi connectivity index (χ0v) is 14.2. The molecule has 0 amide bonds. The second-order valence-corrected chi connectivity index (χ2v) is 11.5. The van der Waals surface area contributed by atoms with E-state index in [4.69, 9.17) is 0 Å². The first kappa shape index (κ1) is 16.5. The topological polar surface area (TPSA) is 94.3 Å². The van der Waals surface area contributed by atoms with Crippen LogP contribution in [-0.2, 0) is 9.84 Å². The van der Waals surface area contributed by atoms with Gasteiger partial charge in [-0.05, 0) is 50.7 Å². The SMILES string of the molecule is CCS(=O)(=O)C(Br)(I)C(=O)c1ccc([N+](=O)[O-])cc1. The lowest BCUT2D eigenvalue weighted by atomic mass is 10.1. The van der Waals surface area contributed by atoms with Crippen LogP contribution < -0.4 is 0 Å². The summed E-state index contributed by atoms with van der Waals surface area (Å²) in [6, 6.07) is 4.79. The number of hydrogen-bond acceptors (Lipinski definition) is 5. The number of ketones is 1. The van der Waals surface area contributed by atoms with Crippen molar-refractivity contribution in [3.05, 3.63) is 39.9 Å². The number of rotatable bonds is 5. The Morgan fingerprint density at radius 1 is 1.42 bits per heavy atom. The Bertz CT molecular complexity index is 611. The quantitative estimate of drug-likeness (QED) is 0.221. The summed E-state index contributed by atoms with van der Waals surface area (Å²) in [7, 11) is -3.65. The number of carbonyl (C=O) groups excluding carboxylic acids is 1. The predicted octanol–water partition coefficient (Wildman–Crippen LogP) is 2.70. The average molecular weight is 462 g/mol. The minimum atomic E-state index is -3.65. The van der Waals surface area contributed by atoms with E-state index in [9.17, 15) is 23.3 Å². The molecule has 0 saturated carbocycles. The van der Waals surface area contributed by atoms with Crippen molar-refractivity contribution in [3.63, 3.8) is 0 Å². The van der Waals surface area contributed by atoms with Crippen LogP contribution in [0.25, 0.3) is 0 Å². The number of benzene rings is 1. The largest absolute Gasteiger partial charge is 0.290 e. The Labute approximate surface area is 131 Å². The Kier molecular flexibility index (Phi) is 5.07. The summed E-state index contributed by atoms with van der Waals surface area (Å²) in [6.07, 6.45) is 0. The van der Waals surface area contributed by atoms with Gasteiger partial charge in [0.15, 0.2) is 9.84 Å². The lowest BCUT2D eigenvalue weighted by Crippen LogP contribution is -2.35. The molecule has 0 aromatic heterocycles. The number of alkyl halides is 2. The second kappa shape index (κ2) is 5.83. The summed E-state index contributed by atoms with van der Waals surface area (Å²) in [5.74, 6) is -0.857. The molecule has 0 heterocycles. The second-order valence-electron chi connectivity index (χ2n) is 3.55. The Balaban J connectivity index is 3.17. The fourth-order valence-corrected chi connectivity index (χ4v) is 4.15. The van der Waals surface area contributed by atoms with Gasteiger partial charge in [-0.1, -0.05) is 6.92 Å². The summed E-state index contributed by atoms with van der Waals surface area (Å²) >= 11 is 4.44. The van der Waals surface area contributed by atoms with Crippen molar-refractivity contribution in [2.45, 2.75) is 8.59 Å². The first-order chi connectivity index (χ1) is 8.63. The summed E-state index contributed by atoms with van der Waals surface area (Å²) in [5.41, 5.74) is -0.0718. The molecule has 6 nitrogen and oxygen atoms in total. The van der Waals surface area contributed by atoms with Crippen molar-refractivity contribution in [1.82, 2.24) is 0 Å². The van der Waals surface area contributed by atoms with Gasteiger partial charge >= 0.3 is 0 Å². The highest BCUT2D eigenvalue weighted by Gasteiger charge is 2.45. The molecule has 0 aliphatic heterocycles. The van der Waals surface area contributed by atoms with Crippen molar-refractivity contribution in [2.75, 3.05) is 5.75 Å². The van der Waals surface area contributed by atoms with Gasteiger partial charge in [0.05, 0.1) is 10.7 Å². The molecule has 1 aromatic carbocycles. The average Bonchev–Trinajstić information content (AvgIpc) is 2.37. The third-order valence-corrected chi connectivity index (χ3v) is 8.44. The zero-order chi connectivity index (χ0) is 14.8. The van der Waals surface area contributed by atoms with Crippen molar-refractivity contribution >= 4 is 59.8 Å². The molecule has 0 saturated heterocycles. The Morgan fingerprint density at radius 2 is 1.89 bits per heavy atom. The van der Waals surface area contributed by atoms with Gasteiger partial charge in [-0.15, -0.1) is 0 Å². The standard InChI is InChI=1S/C10H9BrINO5S/c1-2-19(17,18)10(11,12)9(14)7-3-5-8(6-4-7)13(15)16/h3-6H,2H2,1H3. The molecular formula is C10H9BrINO5S. The molecule has 0 N–H and O–H groups in total. The van der Waals surface area contributed by atoms with Crippen LogP contribution in [0.5, 0.6) is 0 Å². The van der Waals surface area contributed by atoms with E-state index in [2.05, 4.69) is 15.9 Å². The molecule has 19 heavy (non-hydrogen) atoms. The number of nitro benzene ring substituents is 1. The van der Waals surface area contributed by atoms with Gasteiger partial charge in [0.2, 0.25) is 7.45 Å². The van der Waals surface area contributed by atoms with E-state index in [1.54, 1.807) is 0 Å². The number of nitrogens with zero attached hydrogens (tertiary/aromatic N) is 1. The molecule has 0 fully saturated rings. The minimum Gasteiger partial charge on any atom is -0.290 e. The van der Waals surface area contributed by atoms with E-state index < -0.39 is 22.2 Å². The summed E-state index contributed by atoms with van der Waals surface area (Å²) in [6.45, 7) is 1.44. The van der Waals surface area contributed by atoms with Crippen molar-refractivity contribution in [1.29, 1.82) is 0 Å². The normalized spacial score (nSPS) is 14.7. The molecule has 104 valence electrons. The highest BCUT2D eigenvalue weighted by Crippen LogP contribution is 2.37. The number of halogens is 2. The summed E-state index contributed by atoms with van der Waals surface area (Å²) < 4.78 is 21.9. The van der Waals surface area contributed by atoms with Crippen LogP contribution in [-0.4, -0.2) is 26.5 Å². The van der Waals surface area contributed by atoms with Crippen LogP contribution in [0, 0.1) is 10.1 Å². The smallest absolute Gasteiger partial charge is 0.269 e. The van der Waals surface area contributed by atoms with Crippen molar-refractivity contribution in [3.8, 4) is 0 Å². The molecule has 0 radical (unpaired) electrons. The van der Waals surface area contributed by atoms with Gasteiger partial charge in [-0.25, -0.2) is 8.42 Å². The monoisotopic (exact) mass is 461 g/mol. The molecule has 1 unspecified atom stereocenters. The molecular weight excluding hydrogens is 453 g/mol. The molecule has 0 spiro atoms. The lowest BCUT2D eigenvalue weighted by molar-refractivity contribution is -0.384. The van der Waals surface area contributed by atoms with Crippen LogP contribution in [0.3, 0.4) is 0 Å². The number of hydrogen-bond donors (Lipinski definition) is 0. The van der Waals surface area contributed by atoms with E-state index in [0.717, 1.165) is 12.1 Å².